The van der Waals surface area contributed by atoms with Crippen LogP contribution in [0.3, 0.4) is 0 Å². The number of carbonyl (C=O) groups excluding carboxylic acids is 1. The smallest absolute Gasteiger partial charge is 0.258 e. The Bertz CT molecular complexity index is 1480. The minimum Gasteiger partial charge on any atom is -0.492 e. The third kappa shape index (κ3) is 6.28. The highest BCUT2D eigenvalue weighted by molar-refractivity contribution is 5.98. The molecule has 1 fully saturated rings. The third-order valence-electron chi connectivity index (χ3n) is 6.20. The fourth-order valence-corrected chi connectivity index (χ4v) is 4.26. The summed E-state index contributed by atoms with van der Waals surface area (Å²) in [5.41, 5.74) is 2.11. The summed E-state index contributed by atoms with van der Waals surface area (Å²) >= 11 is 0. The van der Waals surface area contributed by atoms with Crippen molar-refractivity contribution in [3.05, 3.63) is 54.2 Å². The highest BCUT2D eigenvalue weighted by atomic mass is 16.5. The highest BCUT2D eigenvalue weighted by Crippen LogP contribution is 2.38. The minimum absolute atomic E-state index is 0.0184. The molecule has 5 rings (SSSR count). The number of nitrogens with one attached hydrogen (secondary N) is 3. The van der Waals surface area contributed by atoms with Crippen molar-refractivity contribution in [2.24, 2.45) is 5.41 Å². The molecule has 0 atom stereocenters. The summed E-state index contributed by atoms with van der Waals surface area (Å²) in [4.78, 5) is 22.0. The van der Waals surface area contributed by atoms with Crippen LogP contribution >= 0.6 is 0 Å². The molecule has 3 heterocycles. The number of aromatic amines is 1. The lowest BCUT2D eigenvalue weighted by Crippen LogP contribution is -2.44. The second kappa shape index (κ2) is 10.5. The summed E-state index contributed by atoms with van der Waals surface area (Å²) in [6.45, 7) is 11.7. The van der Waals surface area contributed by atoms with Crippen molar-refractivity contribution in [2.75, 3.05) is 31.7 Å². The predicted molar refractivity (Wildman–Crippen MR) is 149 cm³/mol. The van der Waals surface area contributed by atoms with Crippen LogP contribution in [0.25, 0.3) is 22.3 Å². The summed E-state index contributed by atoms with van der Waals surface area (Å²) in [7, 11) is 0. The molecule has 1 saturated heterocycles. The van der Waals surface area contributed by atoms with Crippen molar-refractivity contribution < 1.29 is 19.0 Å². The number of nitrogens with zero attached hydrogens (tertiary/aromatic N) is 3. The lowest BCUT2D eigenvalue weighted by molar-refractivity contribution is -0.124. The van der Waals surface area contributed by atoms with Gasteiger partial charge in [-0.1, -0.05) is 25.1 Å². The molecule has 39 heavy (non-hydrogen) atoms. The fourth-order valence-electron chi connectivity index (χ4n) is 4.26. The minimum atomic E-state index is -0.330. The van der Waals surface area contributed by atoms with Crippen molar-refractivity contribution >= 4 is 28.4 Å². The fraction of sp³-hybridized carbons (Fsp3) is 0.379. The average molecular weight is 531 g/mol. The molecule has 10 heteroatoms. The van der Waals surface area contributed by atoms with Gasteiger partial charge in [0.1, 0.15) is 17.3 Å². The van der Waals surface area contributed by atoms with Crippen LogP contribution in [-0.4, -0.2) is 58.0 Å². The van der Waals surface area contributed by atoms with E-state index in [4.69, 9.17) is 24.2 Å². The van der Waals surface area contributed by atoms with E-state index in [9.17, 15) is 4.79 Å². The molecular weight excluding hydrogens is 496 g/mol. The zero-order valence-electron chi connectivity index (χ0n) is 22.9. The molecule has 2 aromatic carbocycles. The zero-order chi connectivity index (χ0) is 27.6. The van der Waals surface area contributed by atoms with Gasteiger partial charge in [0.15, 0.2) is 18.2 Å². The van der Waals surface area contributed by atoms with E-state index in [-0.39, 0.29) is 23.5 Å². The number of hydrogen-bond donors (Lipinski definition) is 3. The molecule has 0 aliphatic carbocycles. The van der Waals surface area contributed by atoms with Gasteiger partial charge in [-0.05, 0) is 51.5 Å². The Balaban J connectivity index is 1.49. The van der Waals surface area contributed by atoms with E-state index in [1.165, 1.54) is 0 Å². The lowest BCUT2D eigenvalue weighted by atomic mass is 9.90. The van der Waals surface area contributed by atoms with Crippen LogP contribution in [0.5, 0.6) is 11.5 Å². The molecule has 3 N–H and O–H groups in total. The number of hydrogen-bond acceptors (Lipinski definition) is 8. The van der Waals surface area contributed by atoms with Crippen molar-refractivity contribution in [3.63, 3.8) is 0 Å². The van der Waals surface area contributed by atoms with Gasteiger partial charge in [0.25, 0.3) is 5.91 Å². The van der Waals surface area contributed by atoms with Crippen LogP contribution in [0.2, 0.25) is 0 Å². The van der Waals surface area contributed by atoms with Gasteiger partial charge < -0.3 is 24.8 Å². The summed E-state index contributed by atoms with van der Waals surface area (Å²) in [6.07, 6.45) is 1.74. The number of anilines is 2. The number of H-pyrrole nitrogens is 1. The Labute approximate surface area is 227 Å². The Morgan fingerprint density at radius 1 is 1.13 bits per heavy atom. The molecule has 204 valence electrons. The van der Waals surface area contributed by atoms with Gasteiger partial charge in [-0.3, -0.25) is 9.89 Å². The largest absolute Gasteiger partial charge is 0.492 e. The zero-order valence-corrected chi connectivity index (χ0v) is 22.9. The standard InChI is InChI=1S/C29H34N6O4/c1-18-9-10-21-24(25(18)39-17-29(5)15-37-16-29)27(32-22-11-12-30-35-22)33-26(31-21)19-7-6-8-20(13-19)38-14-23(36)34-28(2,3)4/h6-13H,14-17H2,1-5H3,(H,34,36)(H2,30,31,32,33,35). The Hall–Kier alpha value is -4.18. The second-order valence-corrected chi connectivity index (χ2v) is 11.3. The maximum atomic E-state index is 12.2. The number of aryl methyl sites for hydroxylation is 1. The van der Waals surface area contributed by atoms with Crippen molar-refractivity contribution in [1.29, 1.82) is 0 Å². The Kier molecular flexibility index (Phi) is 7.14. The van der Waals surface area contributed by atoms with Gasteiger partial charge in [0, 0.05) is 28.8 Å². The SMILES string of the molecule is Cc1ccc2nc(-c3cccc(OCC(=O)NC(C)(C)C)c3)nc(Nc3cc[nH]n3)c2c1OCC1(C)COC1. The van der Waals surface area contributed by atoms with E-state index in [2.05, 4.69) is 27.8 Å². The van der Waals surface area contributed by atoms with Gasteiger partial charge >= 0.3 is 0 Å². The van der Waals surface area contributed by atoms with Crippen LogP contribution < -0.4 is 20.1 Å². The van der Waals surface area contributed by atoms with Gasteiger partial charge in [0.05, 0.1) is 30.7 Å². The summed E-state index contributed by atoms with van der Waals surface area (Å²) in [6, 6.07) is 13.2. The molecule has 1 aliphatic rings. The molecule has 0 bridgehead atoms. The number of aromatic nitrogens is 4. The van der Waals surface area contributed by atoms with Gasteiger partial charge in [-0.25, -0.2) is 9.97 Å². The number of fused-ring (bicyclic) bond motifs is 1. The van der Waals surface area contributed by atoms with Crippen LogP contribution in [0.4, 0.5) is 11.6 Å². The molecule has 1 amide bonds. The molecule has 2 aromatic heterocycles. The van der Waals surface area contributed by atoms with E-state index in [0.29, 0.717) is 43.0 Å². The van der Waals surface area contributed by atoms with Crippen LogP contribution in [0.1, 0.15) is 33.3 Å². The first-order valence-corrected chi connectivity index (χ1v) is 12.9. The van der Waals surface area contributed by atoms with E-state index < -0.39 is 0 Å². The van der Waals surface area contributed by atoms with Gasteiger partial charge in [-0.15, -0.1) is 0 Å². The molecule has 1 aliphatic heterocycles. The van der Waals surface area contributed by atoms with E-state index >= 15 is 0 Å². The summed E-state index contributed by atoms with van der Waals surface area (Å²) in [5, 5.41) is 14.1. The van der Waals surface area contributed by atoms with Crippen LogP contribution in [-0.2, 0) is 9.53 Å². The highest BCUT2D eigenvalue weighted by Gasteiger charge is 2.34. The van der Waals surface area contributed by atoms with Crippen LogP contribution in [0.15, 0.2) is 48.7 Å². The normalized spacial score (nSPS) is 14.5. The maximum absolute atomic E-state index is 12.2. The summed E-state index contributed by atoms with van der Waals surface area (Å²) in [5.74, 6) is 2.78. The topological polar surface area (TPSA) is 123 Å². The first-order valence-electron chi connectivity index (χ1n) is 12.9. The Morgan fingerprint density at radius 2 is 1.95 bits per heavy atom. The lowest BCUT2D eigenvalue weighted by Gasteiger charge is -2.37. The second-order valence-electron chi connectivity index (χ2n) is 11.3. The van der Waals surface area contributed by atoms with Gasteiger partial charge in [0.2, 0.25) is 0 Å². The van der Waals surface area contributed by atoms with Crippen molar-refractivity contribution in [1.82, 2.24) is 25.5 Å². The number of rotatable bonds is 9. The molecular formula is C29H34N6O4. The third-order valence-corrected chi connectivity index (χ3v) is 6.20. The summed E-state index contributed by atoms with van der Waals surface area (Å²) < 4.78 is 17.6. The van der Waals surface area contributed by atoms with E-state index in [1.54, 1.807) is 12.3 Å². The average Bonchev–Trinajstić information content (AvgIpc) is 3.38. The molecule has 4 aromatic rings. The predicted octanol–water partition coefficient (Wildman–Crippen LogP) is 4.78. The molecule has 0 radical (unpaired) electrons. The van der Waals surface area contributed by atoms with E-state index in [0.717, 1.165) is 27.8 Å². The monoisotopic (exact) mass is 530 g/mol. The number of carbonyl (C=O) groups is 1. The quantitative estimate of drug-likeness (QED) is 0.283. The molecule has 10 nitrogen and oxygen atoms in total. The number of amides is 1. The molecule has 0 spiro atoms. The van der Waals surface area contributed by atoms with Crippen LogP contribution in [0, 0.1) is 12.3 Å². The Morgan fingerprint density at radius 3 is 2.64 bits per heavy atom. The molecule has 0 saturated carbocycles. The number of ether oxygens (including phenoxy) is 3. The maximum Gasteiger partial charge on any atom is 0.258 e. The number of benzene rings is 2. The molecule has 0 unspecified atom stereocenters. The first-order chi connectivity index (χ1) is 18.6. The van der Waals surface area contributed by atoms with Gasteiger partial charge in [-0.2, -0.15) is 5.10 Å². The van der Waals surface area contributed by atoms with Crippen molar-refractivity contribution in [2.45, 2.75) is 40.2 Å². The first kappa shape index (κ1) is 26.4. The van der Waals surface area contributed by atoms with E-state index in [1.807, 2.05) is 64.1 Å². The van der Waals surface area contributed by atoms with Crippen molar-refractivity contribution in [3.8, 4) is 22.9 Å².